The van der Waals surface area contributed by atoms with Gasteiger partial charge in [0.05, 0.1) is 16.8 Å². The van der Waals surface area contributed by atoms with Crippen LogP contribution in [0, 0.1) is 0 Å². The smallest absolute Gasteiger partial charge is 0.275 e. The first-order valence-electron chi connectivity index (χ1n) is 9.52. The lowest BCUT2D eigenvalue weighted by Crippen LogP contribution is -2.29. The van der Waals surface area contributed by atoms with Crippen molar-refractivity contribution in [2.24, 2.45) is 0 Å². The summed E-state index contributed by atoms with van der Waals surface area (Å²) in [5.41, 5.74) is 2.85. The predicted molar refractivity (Wildman–Crippen MR) is 120 cm³/mol. The summed E-state index contributed by atoms with van der Waals surface area (Å²) in [7, 11) is 0. The van der Waals surface area contributed by atoms with Gasteiger partial charge in [0.2, 0.25) is 0 Å². The minimum atomic E-state index is -0.379. The van der Waals surface area contributed by atoms with Crippen molar-refractivity contribution in [1.82, 2.24) is 4.98 Å². The number of fused-ring (bicyclic) bond motifs is 1. The second-order valence-corrected chi connectivity index (χ2v) is 7.76. The Balaban J connectivity index is 1.37. The van der Waals surface area contributed by atoms with E-state index in [2.05, 4.69) is 10.3 Å². The normalized spacial score (nSPS) is 12.7. The lowest BCUT2D eigenvalue weighted by molar-refractivity contribution is 0.0925. The van der Waals surface area contributed by atoms with Crippen LogP contribution >= 0.6 is 11.3 Å². The molecule has 7 heteroatoms. The molecule has 150 valence electrons. The topological polar surface area (TPSA) is 79.4 Å². The first-order valence-corrected chi connectivity index (χ1v) is 10.4. The van der Waals surface area contributed by atoms with E-state index in [-0.39, 0.29) is 17.7 Å². The van der Waals surface area contributed by atoms with Gasteiger partial charge in [-0.25, -0.2) is 9.88 Å². The molecule has 0 aliphatic carbocycles. The summed E-state index contributed by atoms with van der Waals surface area (Å²) in [6.45, 7) is 0. The van der Waals surface area contributed by atoms with Crippen LogP contribution in [0.4, 0.5) is 11.4 Å². The van der Waals surface area contributed by atoms with Crippen molar-refractivity contribution in [2.75, 3.05) is 10.2 Å². The summed E-state index contributed by atoms with van der Waals surface area (Å²) < 4.78 is 0. The fourth-order valence-corrected chi connectivity index (χ4v) is 4.24. The monoisotopic (exact) mass is 425 g/mol. The van der Waals surface area contributed by atoms with Gasteiger partial charge in [-0.15, -0.1) is 11.3 Å². The molecule has 0 bridgehead atoms. The highest BCUT2D eigenvalue weighted by molar-refractivity contribution is 7.13. The number of nitrogens with zero attached hydrogens (tertiary/aromatic N) is 2. The van der Waals surface area contributed by atoms with Gasteiger partial charge in [-0.3, -0.25) is 14.4 Å². The van der Waals surface area contributed by atoms with E-state index in [1.807, 2.05) is 30.3 Å². The van der Waals surface area contributed by atoms with Crippen LogP contribution in [-0.4, -0.2) is 22.7 Å². The number of rotatable bonds is 4. The molecule has 6 nitrogen and oxygen atoms in total. The lowest BCUT2D eigenvalue weighted by atomic mass is 10.1. The first kappa shape index (κ1) is 18.9. The van der Waals surface area contributed by atoms with Crippen molar-refractivity contribution in [3.05, 3.63) is 101 Å². The summed E-state index contributed by atoms with van der Waals surface area (Å²) in [4.78, 5) is 43.6. The summed E-state index contributed by atoms with van der Waals surface area (Å²) in [6.07, 6.45) is 0. The van der Waals surface area contributed by atoms with Gasteiger partial charge in [0.25, 0.3) is 17.7 Å². The number of amides is 3. The Bertz CT molecular complexity index is 1300. The van der Waals surface area contributed by atoms with Crippen LogP contribution in [0.2, 0.25) is 0 Å². The van der Waals surface area contributed by atoms with Crippen LogP contribution in [-0.2, 0) is 0 Å². The van der Waals surface area contributed by atoms with Crippen molar-refractivity contribution < 1.29 is 14.4 Å². The number of hydrogen-bond acceptors (Lipinski definition) is 5. The maximum Gasteiger partial charge on any atom is 0.275 e. The van der Waals surface area contributed by atoms with Crippen molar-refractivity contribution in [3.8, 4) is 10.6 Å². The average Bonchev–Trinajstić information content (AvgIpc) is 3.39. The van der Waals surface area contributed by atoms with Gasteiger partial charge >= 0.3 is 0 Å². The van der Waals surface area contributed by atoms with E-state index < -0.39 is 0 Å². The minimum absolute atomic E-state index is 0.301. The maximum absolute atomic E-state index is 12.7. The summed E-state index contributed by atoms with van der Waals surface area (Å²) in [5.74, 6) is -1.12. The van der Waals surface area contributed by atoms with Gasteiger partial charge in [-0.2, -0.15) is 0 Å². The number of imide groups is 1. The molecule has 0 fully saturated rings. The number of aromatic nitrogens is 1. The second-order valence-electron chi connectivity index (χ2n) is 6.90. The number of benzene rings is 3. The van der Waals surface area contributed by atoms with E-state index in [1.54, 1.807) is 53.9 Å². The molecule has 1 aliphatic heterocycles. The van der Waals surface area contributed by atoms with Crippen molar-refractivity contribution >= 4 is 40.4 Å². The molecule has 31 heavy (non-hydrogen) atoms. The minimum Gasteiger partial charge on any atom is -0.321 e. The molecule has 1 aliphatic rings. The summed E-state index contributed by atoms with van der Waals surface area (Å²) in [5, 5.41) is 5.25. The molecule has 0 saturated carbocycles. The van der Waals surface area contributed by atoms with E-state index in [4.69, 9.17) is 0 Å². The van der Waals surface area contributed by atoms with Gasteiger partial charge in [0.1, 0.15) is 10.7 Å². The highest BCUT2D eigenvalue weighted by Gasteiger charge is 2.36. The van der Waals surface area contributed by atoms with E-state index in [9.17, 15) is 14.4 Å². The van der Waals surface area contributed by atoms with Gasteiger partial charge in [-0.05, 0) is 30.3 Å². The zero-order valence-electron chi connectivity index (χ0n) is 16.1. The standard InChI is InChI=1S/C24H15N3O3S/c28-21(20-14-31-22(26-20)15-7-2-1-3-8-15)25-16-9-6-10-17(13-16)27-23(29)18-11-4-5-12-19(18)24(27)30/h1-14H,(H,25,28). The number of carbonyl (C=O) groups excluding carboxylic acids is 3. The molecule has 3 aromatic carbocycles. The first-order chi connectivity index (χ1) is 15.1. The molecule has 3 amide bonds. The third-order valence-electron chi connectivity index (χ3n) is 4.91. The fraction of sp³-hybridized carbons (Fsp3) is 0. The molecule has 0 radical (unpaired) electrons. The van der Waals surface area contributed by atoms with Crippen molar-refractivity contribution in [3.63, 3.8) is 0 Å². The van der Waals surface area contributed by atoms with Crippen LogP contribution in [0.1, 0.15) is 31.2 Å². The highest BCUT2D eigenvalue weighted by Crippen LogP contribution is 2.30. The average molecular weight is 425 g/mol. The number of hydrogen-bond donors (Lipinski definition) is 1. The largest absolute Gasteiger partial charge is 0.321 e. The molecular weight excluding hydrogens is 410 g/mol. The van der Waals surface area contributed by atoms with Gasteiger partial charge < -0.3 is 5.32 Å². The zero-order chi connectivity index (χ0) is 21.4. The Morgan fingerprint density at radius 2 is 1.52 bits per heavy atom. The molecule has 1 aromatic heterocycles. The van der Waals surface area contributed by atoms with Crippen LogP contribution in [0.5, 0.6) is 0 Å². The van der Waals surface area contributed by atoms with Gasteiger partial charge in [0.15, 0.2) is 0 Å². The van der Waals surface area contributed by atoms with Crippen molar-refractivity contribution in [1.29, 1.82) is 0 Å². The Morgan fingerprint density at radius 1 is 0.839 bits per heavy atom. The number of nitrogens with one attached hydrogen (secondary N) is 1. The third kappa shape index (κ3) is 3.41. The van der Waals surface area contributed by atoms with E-state index in [0.717, 1.165) is 15.5 Å². The fourth-order valence-electron chi connectivity index (χ4n) is 3.43. The highest BCUT2D eigenvalue weighted by atomic mass is 32.1. The third-order valence-corrected chi connectivity index (χ3v) is 5.81. The van der Waals surface area contributed by atoms with E-state index in [0.29, 0.717) is 28.2 Å². The van der Waals surface area contributed by atoms with E-state index in [1.165, 1.54) is 11.3 Å². The number of thiazole rings is 1. The molecule has 0 unspecified atom stereocenters. The van der Waals surface area contributed by atoms with Gasteiger partial charge in [-0.1, -0.05) is 48.5 Å². The molecule has 1 N–H and O–H groups in total. The SMILES string of the molecule is O=C(Nc1cccc(N2C(=O)c3ccccc3C2=O)c1)c1csc(-c2ccccc2)n1. The quantitative estimate of drug-likeness (QED) is 0.474. The van der Waals surface area contributed by atoms with E-state index >= 15 is 0 Å². The molecule has 2 heterocycles. The Hall–Kier alpha value is -4.10. The Morgan fingerprint density at radius 3 is 2.23 bits per heavy atom. The Labute approximate surface area is 181 Å². The number of carbonyl (C=O) groups is 3. The van der Waals surface area contributed by atoms with Crippen LogP contribution in [0.15, 0.2) is 84.2 Å². The second kappa shape index (κ2) is 7.62. The van der Waals surface area contributed by atoms with Crippen molar-refractivity contribution in [2.45, 2.75) is 0 Å². The van der Waals surface area contributed by atoms with Crippen LogP contribution < -0.4 is 10.2 Å². The molecule has 4 aromatic rings. The molecule has 0 atom stereocenters. The maximum atomic E-state index is 12.7. The predicted octanol–water partition coefficient (Wildman–Crippen LogP) is 4.86. The molecule has 0 spiro atoms. The van der Waals surface area contributed by atoms with Crippen LogP contribution in [0.25, 0.3) is 10.6 Å². The zero-order valence-corrected chi connectivity index (χ0v) is 16.9. The molecular formula is C24H15N3O3S. The molecule has 0 saturated heterocycles. The lowest BCUT2D eigenvalue weighted by Gasteiger charge is -2.15. The summed E-state index contributed by atoms with van der Waals surface area (Å²) in [6, 6.07) is 23.0. The van der Waals surface area contributed by atoms with Gasteiger partial charge in [0, 0.05) is 16.6 Å². The number of anilines is 2. The Kier molecular flexibility index (Phi) is 4.65. The summed E-state index contributed by atoms with van der Waals surface area (Å²) >= 11 is 1.39. The molecule has 5 rings (SSSR count). The van der Waals surface area contributed by atoms with Crippen LogP contribution in [0.3, 0.4) is 0 Å².